The molecule has 12 aromatic rings. The van der Waals surface area contributed by atoms with Gasteiger partial charge in [-0.2, -0.15) is 0 Å². The van der Waals surface area contributed by atoms with E-state index in [4.69, 9.17) is 0 Å². The molecule has 456 valence electrons. The van der Waals surface area contributed by atoms with Crippen LogP contribution in [0.1, 0.15) is 161 Å². The van der Waals surface area contributed by atoms with E-state index in [0.29, 0.717) is 0 Å². The van der Waals surface area contributed by atoms with Crippen molar-refractivity contribution in [3.8, 4) is 66.8 Å². The van der Waals surface area contributed by atoms with Crippen molar-refractivity contribution in [1.29, 1.82) is 0 Å². The van der Waals surface area contributed by atoms with Crippen LogP contribution in [0.25, 0.3) is 78.9 Å². The lowest BCUT2D eigenvalue weighted by Gasteiger charge is -2.31. The van der Waals surface area contributed by atoms with Gasteiger partial charge in [-0.15, -0.1) is 0 Å². The van der Waals surface area contributed by atoms with Gasteiger partial charge < -0.3 is 9.80 Å². The third kappa shape index (κ3) is 7.77. The van der Waals surface area contributed by atoms with Gasteiger partial charge in [0.2, 0.25) is 0 Å². The van der Waals surface area contributed by atoms with Gasteiger partial charge in [0, 0.05) is 66.6 Å². The molecule has 0 saturated heterocycles. The van der Waals surface area contributed by atoms with Crippen LogP contribution in [0.4, 0.5) is 34.1 Å². The Kier molecular flexibility index (Phi) is 11.6. The van der Waals surface area contributed by atoms with Crippen molar-refractivity contribution in [2.45, 2.75) is 116 Å². The second-order valence-electron chi connectivity index (χ2n) is 30.9. The predicted octanol–water partition coefficient (Wildman–Crippen LogP) is 24.6. The van der Waals surface area contributed by atoms with Gasteiger partial charge in [0.1, 0.15) is 0 Å². The zero-order valence-corrected chi connectivity index (χ0v) is 56.1. The van der Waals surface area contributed by atoms with E-state index < -0.39 is 0 Å². The van der Waals surface area contributed by atoms with Crippen LogP contribution in [0.2, 0.25) is 0 Å². The summed E-state index contributed by atoms with van der Waals surface area (Å²) in [5, 5.41) is 0. The number of benzene rings is 12. The molecule has 0 radical (unpaired) electrons. The second-order valence-corrected chi connectivity index (χ2v) is 30.9. The Labute approximate surface area is 555 Å². The molecule has 0 aliphatic heterocycles. The van der Waals surface area contributed by atoms with Crippen molar-refractivity contribution in [3.63, 3.8) is 0 Å². The fraction of sp³-hybridized carbons (Fsp3) is 0.196. The number of rotatable bonds is 8. The first-order chi connectivity index (χ1) is 45.1. The standard InChI is InChI=1S/C92H78N2/c1-87(2)75-25-17-13-21-63(75)69-41-33-57(49-81(69)87)93(58-34-42-70-64-22-14-18-26-76(64)88(3,4)82(70)50-58)61-37-45-73-67-39-31-55(47-79(67)91(9,10)85(73)53-61)29-30-56-32-40-68-74-46-38-62(54-86(74)92(11,12)80(68)48-56)94(59-35-43-71-65-23-15-19-27-77(65)89(5,6)83(71)51-59)60-36-44-72-66-24-16-20-28-78(66)90(7,8)84(72)52-60/h13-54H,1-12H3/b30-29+. The summed E-state index contributed by atoms with van der Waals surface area (Å²) >= 11 is 0. The summed E-state index contributed by atoms with van der Waals surface area (Å²) in [6.45, 7) is 28.8. The average molecular weight is 1210 g/mol. The van der Waals surface area contributed by atoms with Gasteiger partial charge in [-0.05, 0) is 217 Å². The van der Waals surface area contributed by atoms with Gasteiger partial charge in [-0.1, -0.05) is 265 Å². The first kappa shape index (κ1) is 56.7. The highest BCUT2D eigenvalue weighted by atomic mass is 15.1. The molecule has 6 aliphatic carbocycles. The lowest BCUT2D eigenvalue weighted by atomic mass is 9.81. The molecule has 0 bridgehead atoms. The van der Waals surface area contributed by atoms with Crippen molar-refractivity contribution in [3.05, 3.63) is 321 Å². The number of hydrogen-bond donors (Lipinski definition) is 0. The maximum absolute atomic E-state index is 2.53. The van der Waals surface area contributed by atoms with Gasteiger partial charge in [0.15, 0.2) is 0 Å². The molecule has 0 spiro atoms. The van der Waals surface area contributed by atoms with Gasteiger partial charge in [0.25, 0.3) is 0 Å². The highest BCUT2D eigenvalue weighted by molar-refractivity contribution is 5.94. The van der Waals surface area contributed by atoms with E-state index in [-0.39, 0.29) is 32.5 Å². The Morgan fingerprint density at radius 3 is 0.574 bits per heavy atom. The summed E-state index contributed by atoms with van der Waals surface area (Å²) in [6, 6.07) is 93.5. The lowest BCUT2D eigenvalue weighted by molar-refractivity contribution is 0.659. The average Bonchev–Trinajstić information content (AvgIpc) is 1.57. The summed E-state index contributed by atoms with van der Waals surface area (Å²) in [6.07, 6.45) is 4.65. The van der Waals surface area contributed by atoms with Gasteiger partial charge in [-0.25, -0.2) is 0 Å². The van der Waals surface area contributed by atoms with Crippen LogP contribution in [-0.4, -0.2) is 0 Å². The first-order valence-corrected chi connectivity index (χ1v) is 34.0. The minimum absolute atomic E-state index is 0.132. The molecule has 18 rings (SSSR count). The summed E-state index contributed by atoms with van der Waals surface area (Å²) in [7, 11) is 0. The van der Waals surface area contributed by atoms with Crippen molar-refractivity contribution < 1.29 is 0 Å². The third-order valence-electron chi connectivity index (χ3n) is 23.7. The van der Waals surface area contributed by atoms with Crippen molar-refractivity contribution >= 4 is 46.3 Å². The SMILES string of the molecule is CC1(C)c2ccccc2-c2ccc(N(c3ccc4c(c3)C(C)(C)c3ccccc3-4)c3ccc4c(c3)C(C)(C)c3cc(/C=C/c5ccc6c(c5)C(C)(C)c5cc(N(c7ccc8c(c7)C(C)(C)c7ccccc7-8)c7ccc8c(c7)C(C)(C)c7ccccc7-8)ccc5-6)ccc3-4)cc21. The monoisotopic (exact) mass is 1210 g/mol. The first-order valence-electron chi connectivity index (χ1n) is 34.0. The quantitative estimate of drug-likeness (QED) is 0.140. The normalized spacial score (nSPS) is 16.8. The molecule has 6 aliphatic rings. The molecule has 12 aromatic carbocycles. The third-order valence-corrected chi connectivity index (χ3v) is 23.7. The molecule has 0 atom stereocenters. The second kappa shape index (κ2) is 19.3. The van der Waals surface area contributed by atoms with Crippen LogP contribution in [0.5, 0.6) is 0 Å². The molecule has 0 aromatic heterocycles. The molecular formula is C92H78N2. The summed E-state index contributed by atoms with van der Waals surface area (Å²) in [5.74, 6) is 0. The largest absolute Gasteiger partial charge is 0.310 e. The lowest BCUT2D eigenvalue weighted by Crippen LogP contribution is -2.19. The Morgan fingerprint density at radius 1 is 0.181 bits per heavy atom. The molecular weight excluding hydrogens is 1130 g/mol. The minimum Gasteiger partial charge on any atom is -0.310 e. The zero-order chi connectivity index (χ0) is 64.3. The van der Waals surface area contributed by atoms with Gasteiger partial charge in [0.05, 0.1) is 0 Å². The number of fused-ring (bicyclic) bond motifs is 18. The Morgan fingerprint density at radius 2 is 0.351 bits per heavy atom. The van der Waals surface area contributed by atoms with Crippen molar-refractivity contribution in [2.24, 2.45) is 0 Å². The smallest absolute Gasteiger partial charge is 0.0465 e. The summed E-state index contributed by atoms with van der Waals surface area (Å²) in [4.78, 5) is 5.06. The van der Waals surface area contributed by atoms with Gasteiger partial charge in [-0.3, -0.25) is 0 Å². The topological polar surface area (TPSA) is 6.48 Å². The fourth-order valence-corrected chi connectivity index (χ4v) is 18.4. The minimum atomic E-state index is -0.247. The van der Waals surface area contributed by atoms with Crippen molar-refractivity contribution in [1.82, 2.24) is 0 Å². The predicted molar refractivity (Wildman–Crippen MR) is 397 cm³/mol. The van der Waals surface area contributed by atoms with Gasteiger partial charge >= 0.3 is 0 Å². The molecule has 2 heteroatoms. The van der Waals surface area contributed by atoms with E-state index in [2.05, 4.69) is 348 Å². The van der Waals surface area contributed by atoms with Crippen molar-refractivity contribution in [2.75, 3.05) is 9.80 Å². The zero-order valence-electron chi connectivity index (χ0n) is 56.1. The molecule has 0 unspecified atom stereocenters. The van der Waals surface area contributed by atoms with E-state index >= 15 is 0 Å². The maximum atomic E-state index is 2.53. The molecule has 94 heavy (non-hydrogen) atoms. The van der Waals surface area contributed by atoms with Crippen LogP contribution in [0.15, 0.2) is 243 Å². The van der Waals surface area contributed by atoms with Crippen LogP contribution < -0.4 is 9.80 Å². The van der Waals surface area contributed by atoms with Crippen LogP contribution >= 0.6 is 0 Å². The van der Waals surface area contributed by atoms with Crippen LogP contribution in [-0.2, 0) is 32.5 Å². The molecule has 0 fully saturated rings. The van der Waals surface area contributed by atoms with Crippen LogP contribution in [0.3, 0.4) is 0 Å². The van der Waals surface area contributed by atoms with E-state index in [1.54, 1.807) is 0 Å². The molecule has 0 heterocycles. The summed E-state index contributed by atoms with van der Waals surface area (Å²) in [5.41, 5.74) is 40.8. The number of hydrogen-bond acceptors (Lipinski definition) is 2. The highest BCUT2D eigenvalue weighted by Gasteiger charge is 2.43. The number of nitrogens with zero attached hydrogens (tertiary/aromatic N) is 2. The molecule has 0 amide bonds. The van der Waals surface area contributed by atoms with E-state index in [0.717, 1.165) is 0 Å². The molecule has 0 saturated carbocycles. The highest BCUT2D eigenvalue weighted by Crippen LogP contribution is 2.59. The Balaban J connectivity index is 0.670. The van der Waals surface area contributed by atoms with E-state index in [9.17, 15) is 0 Å². The Bertz CT molecular complexity index is 4790. The Hall–Kier alpha value is -10.0. The maximum Gasteiger partial charge on any atom is 0.0465 e. The van der Waals surface area contributed by atoms with E-state index in [1.165, 1.54) is 179 Å². The number of anilines is 6. The molecule has 2 nitrogen and oxygen atoms in total. The molecule has 0 N–H and O–H groups in total. The van der Waals surface area contributed by atoms with E-state index in [1.807, 2.05) is 0 Å². The fourth-order valence-electron chi connectivity index (χ4n) is 18.4. The summed E-state index contributed by atoms with van der Waals surface area (Å²) < 4.78 is 0. The van der Waals surface area contributed by atoms with Crippen LogP contribution in [0, 0.1) is 0 Å².